The van der Waals surface area contributed by atoms with Crippen LogP contribution in [0.2, 0.25) is 0 Å². The Bertz CT molecular complexity index is 481. The van der Waals surface area contributed by atoms with Crippen molar-refractivity contribution >= 4 is 12.0 Å². The molecule has 0 aliphatic carbocycles. The zero-order chi connectivity index (χ0) is 16.0. The van der Waals surface area contributed by atoms with E-state index in [1.807, 2.05) is 30.3 Å². The third kappa shape index (κ3) is 6.27. The molecule has 1 aromatic rings. The van der Waals surface area contributed by atoms with E-state index in [0.717, 1.165) is 10.6 Å². The molecule has 1 atom stereocenters. The van der Waals surface area contributed by atoms with Crippen molar-refractivity contribution in [3.05, 3.63) is 35.9 Å². The van der Waals surface area contributed by atoms with Crippen LogP contribution in [0.3, 0.4) is 0 Å². The van der Waals surface area contributed by atoms with Gasteiger partial charge in [0, 0.05) is 13.5 Å². The molecule has 6 nitrogen and oxygen atoms in total. The number of benzene rings is 1. The van der Waals surface area contributed by atoms with Gasteiger partial charge in [0.25, 0.3) is 5.91 Å². The van der Waals surface area contributed by atoms with Crippen molar-refractivity contribution in [2.24, 2.45) is 5.84 Å². The third-order valence-electron chi connectivity index (χ3n) is 2.62. The van der Waals surface area contributed by atoms with Gasteiger partial charge in [-0.3, -0.25) is 9.80 Å². The van der Waals surface area contributed by atoms with Gasteiger partial charge >= 0.3 is 6.09 Å². The Kier molecular flexibility index (Phi) is 5.72. The molecule has 3 N–H and O–H groups in total. The highest BCUT2D eigenvalue weighted by Gasteiger charge is 2.25. The number of ether oxygens (including phenoxy) is 1. The number of hydrazine groups is 1. The average Bonchev–Trinajstić information content (AvgIpc) is 2.36. The van der Waals surface area contributed by atoms with Gasteiger partial charge in [0.1, 0.15) is 11.6 Å². The highest BCUT2D eigenvalue weighted by Crippen LogP contribution is 2.09. The summed E-state index contributed by atoms with van der Waals surface area (Å²) in [7, 11) is 1.44. The normalized spacial score (nSPS) is 12.4. The van der Waals surface area contributed by atoms with Gasteiger partial charge in [-0.15, -0.1) is 0 Å². The van der Waals surface area contributed by atoms with Crippen LogP contribution in [0.4, 0.5) is 4.79 Å². The van der Waals surface area contributed by atoms with E-state index in [2.05, 4.69) is 5.32 Å². The van der Waals surface area contributed by atoms with Crippen LogP contribution in [0.25, 0.3) is 0 Å². The maximum absolute atomic E-state index is 12.1. The van der Waals surface area contributed by atoms with Gasteiger partial charge in [-0.2, -0.15) is 0 Å². The number of hydrogen-bond acceptors (Lipinski definition) is 4. The van der Waals surface area contributed by atoms with Crippen molar-refractivity contribution in [3.63, 3.8) is 0 Å². The summed E-state index contributed by atoms with van der Waals surface area (Å²) in [6, 6.07) is 8.63. The zero-order valence-electron chi connectivity index (χ0n) is 12.9. The van der Waals surface area contributed by atoms with Crippen molar-refractivity contribution in [1.82, 2.24) is 10.3 Å². The van der Waals surface area contributed by atoms with Crippen molar-refractivity contribution in [1.29, 1.82) is 0 Å². The van der Waals surface area contributed by atoms with Crippen LogP contribution in [0.15, 0.2) is 30.3 Å². The highest BCUT2D eigenvalue weighted by molar-refractivity contribution is 5.85. The summed E-state index contributed by atoms with van der Waals surface area (Å²) in [5, 5.41) is 3.53. The molecule has 0 spiro atoms. The molecule has 1 aromatic carbocycles. The van der Waals surface area contributed by atoms with Gasteiger partial charge in [-0.1, -0.05) is 30.3 Å². The fraction of sp³-hybridized carbons (Fsp3) is 0.467. The Morgan fingerprint density at radius 1 is 1.29 bits per heavy atom. The summed E-state index contributed by atoms with van der Waals surface area (Å²) in [4.78, 5) is 23.9. The minimum Gasteiger partial charge on any atom is -0.444 e. The molecule has 0 bridgehead atoms. The van der Waals surface area contributed by atoms with Gasteiger partial charge in [-0.05, 0) is 26.3 Å². The van der Waals surface area contributed by atoms with Crippen LogP contribution in [-0.4, -0.2) is 35.7 Å². The Hall–Kier alpha value is -2.08. The molecule has 0 saturated heterocycles. The molecule has 6 heteroatoms. The van der Waals surface area contributed by atoms with E-state index in [1.54, 1.807) is 20.8 Å². The molecule has 0 aromatic heterocycles. The van der Waals surface area contributed by atoms with Gasteiger partial charge in [0.15, 0.2) is 0 Å². The molecule has 0 saturated carbocycles. The number of nitrogens with two attached hydrogens (primary N) is 1. The molecule has 1 rings (SSSR count). The number of carbonyl (C=O) groups is 2. The minimum absolute atomic E-state index is 0.348. The van der Waals surface area contributed by atoms with E-state index in [9.17, 15) is 9.59 Å². The lowest BCUT2D eigenvalue weighted by Gasteiger charge is -2.24. The third-order valence-corrected chi connectivity index (χ3v) is 2.62. The zero-order valence-corrected chi connectivity index (χ0v) is 12.9. The van der Waals surface area contributed by atoms with Gasteiger partial charge in [-0.25, -0.2) is 10.6 Å². The molecule has 0 aliphatic heterocycles. The molecule has 2 amide bonds. The smallest absolute Gasteiger partial charge is 0.408 e. The summed E-state index contributed by atoms with van der Waals surface area (Å²) in [5.74, 6) is 5.10. The van der Waals surface area contributed by atoms with E-state index in [1.165, 1.54) is 7.05 Å². The summed E-state index contributed by atoms with van der Waals surface area (Å²) in [6.45, 7) is 5.28. The second-order valence-electron chi connectivity index (χ2n) is 5.84. The Morgan fingerprint density at radius 2 is 1.86 bits per heavy atom. The van der Waals surface area contributed by atoms with Crippen LogP contribution in [0, 0.1) is 0 Å². The first-order chi connectivity index (χ1) is 9.69. The molecular formula is C15H23N3O3. The number of alkyl carbamates (subject to hydrolysis) is 1. The molecule has 0 aliphatic rings. The van der Waals surface area contributed by atoms with Crippen LogP contribution < -0.4 is 11.2 Å². The maximum Gasteiger partial charge on any atom is 0.408 e. The van der Waals surface area contributed by atoms with E-state index in [4.69, 9.17) is 10.6 Å². The lowest BCUT2D eigenvalue weighted by Crippen LogP contribution is -2.51. The molecular weight excluding hydrogens is 270 g/mol. The number of nitrogens with zero attached hydrogens (tertiary/aromatic N) is 1. The molecule has 0 heterocycles. The van der Waals surface area contributed by atoms with E-state index >= 15 is 0 Å². The van der Waals surface area contributed by atoms with Crippen molar-refractivity contribution in [2.45, 2.75) is 38.8 Å². The Morgan fingerprint density at radius 3 is 2.33 bits per heavy atom. The molecule has 21 heavy (non-hydrogen) atoms. The van der Waals surface area contributed by atoms with Crippen LogP contribution >= 0.6 is 0 Å². The second-order valence-corrected chi connectivity index (χ2v) is 5.84. The highest BCUT2D eigenvalue weighted by atomic mass is 16.6. The van der Waals surface area contributed by atoms with Crippen LogP contribution in [0.1, 0.15) is 26.3 Å². The minimum atomic E-state index is -0.766. The maximum atomic E-state index is 12.1. The van der Waals surface area contributed by atoms with E-state index in [0.29, 0.717) is 6.42 Å². The first kappa shape index (κ1) is 17.0. The molecule has 0 fully saturated rings. The lowest BCUT2D eigenvalue weighted by atomic mass is 10.1. The predicted octanol–water partition coefficient (Wildman–Crippen LogP) is 1.45. The van der Waals surface area contributed by atoms with Crippen LogP contribution in [-0.2, 0) is 16.0 Å². The van der Waals surface area contributed by atoms with Crippen molar-refractivity contribution in [2.75, 3.05) is 7.05 Å². The quantitative estimate of drug-likeness (QED) is 0.500. The predicted molar refractivity (Wildman–Crippen MR) is 80.3 cm³/mol. The Balaban J connectivity index is 2.78. The molecule has 0 radical (unpaired) electrons. The summed E-state index contributed by atoms with van der Waals surface area (Å²) in [5.41, 5.74) is 0.299. The lowest BCUT2D eigenvalue weighted by molar-refractivity contribution is -0.132. The Labute approximate surface area is 125 Å². The number of rotatable bonds is 4. The topological polar surface area (TPSA) is 84.7 Å². The van der Waals surface area contributed by atoms with Crippen LogP contribution in [0.5, 0.6) is 0 Å². The summed E-state index contributed by atoms with van der Waals surface area (Å²) >= 11 is 0. The second kappa shape index (κ2) is 7.08. The molecule has 1 unspecified atom stereocenters. The summed E-state index contributed by atoms with van der Waals surface area (Å²) in [6.07, 6.45) is -0.292. The average molecular weight is 293 g/mol. The fourth-order valence-electron chi connectivity index (χ4n) is 1.75. The summed E-state index contributed by atoms with van der Waals surface area (Å²) < 4.78 is 5.17. The first-order valence-corrected chi connectivity index (χ1v) is 6.75. The number of hydrogen-bond donors (Lipinski definition) is 2. The standard InChI is InChI=1S/C15H23N3O3/c1-15(2,3)21-14(20)17-12(13(19)18(4)16)10-11-8-6-5-7-9-11/h5-9,12H,10,16H2,1-4H3,(H,17,20). The van der Waals surface area contributed by atoms with E-state index < -0.39 is 17.7 Å². The van der Waals surface area contributed by atoms with Gasteiger partial charge in [0.2, 0.25) is 0 Å². The van der Waals surface area contributed by atoms with Crippen molar-refractivity contribution in [3.8, 4) is 0 Å². The largest absolute Gasteiger partial charge is 0.444 e. The fourth-order valence-corrected chi connectivity index (χ4v) is 1.75. The number of amides is 2. The monoisotopic (exact) mass is 293 g/mol. The number of nitrogens with one attached hydrogen (secondary N) is 1. The first-order valence-electron chi connectivity index (χ1n) is 6.75. The number of likely N-dealkylation sites (N-methyl/N-ethyl adjacent to an activating group) is 1. The van der Waals surface area contributed by atoms with Gasteiger partial charge in [0.05, 0.1) is 0 Å². The van der Waals surface area contributed by atoms with E-state index in [-0.39, 0.29) is 5.91 Å². The van der Waals surface area contributed by atoms with Crippen molar-refractivity contribution < 1.29 is 14.3 Å². The number of carbonyl (C=O) groups excluding carboxylic acids is 2. The van der Waals surface area contributed by atoms with Gasteiger partial charge < -0.3 is 10.1 Å². The SMILES string of the molecule is CN(N)C(=O)C(Cc1ccccc1)NC(=O)OC(C)(C)C. The molecule has 116 valence electrons.